The molecule has 1 aromatic heterocycles. The van der Waals surface area contributed by atoms with E-state index in [-0.39, 0.29) is 11.6 Å². The smallest absolute Gasteiger partial charge is 0.357 e. The fraction of sp³-hybridized carbons (Fsp3) is 0.208. The lowest BCUT2D eigenvalue weighted by Gasteiger charge is -2.33. The van der Waals surface area contributed by atoms with Gasteiger partial charge >= 0.3 is 5.97 Å². The number of rotatable bonds is 6. The number of halogens is 1. The van der Waals surface area contributed by atoms with Crippen LogP contribution in [0.1, 0.15) is 27.5 Å². The number of carboxylic acid groups (broad SMARTS) is 1. The maximum absolute atomic E-state index is 13.1. The monoisotopic (exact) mass is 451 g/mol. The molecule has 0 spiro atoms. The Hall–Kier alpha value is -3.42. The van der Waals surface area contributed by atoms with Crippen molar-refractivity contribution in [2.24, 2.45) is 0 Å². The van der Waals surface area contributed by atoms with E-state index in [1.54, 1.807) is 6.08 Å². The number of carbonyl (C=O) groups excluding carboxylic acids is 1. The number of nitrogens with zero attached hydrogens (tertiary/aromatic N) is 3. The van der Waals surface area contributed by atoms with E-state index in [2.05, 4.69) is 9.88 Å². The van der Waals surface area contributed by atoms with Crippen molar-refractivity contribution in [1.29, 1.82) is 0 Å². The number of aromatic nitrogens is 1. The van der Waals surface area contributed by atoms with Crippen molar-refractivity contribution in [2.75, 3.05) is 26.2 Å². The number of hydrogen-bond acceptors (Lipinski definition) is 5. The topological polar surface area (TPSA) is 86.9 Å². The summed E-state index contributed by atoms with van der Waals surface area (Å²) in [7, 11) is 0. The van der Waals surface area contributed by atoms with Gasteiger partial charge in [-0.25, -0.2) is 9.78 Å². The minimum Gasteiger partial charge on any atom is -0.476 e. The van der Waals surface area contributed by atoms with Gasteiger partial charge in [0.05, 0.1) is 6.54 Å². The van der Waals surface area contributed by atoms with E-state index < -0.39 is 5.97 Å². The Morgan fingerprint density at radius 1 is 1.00 bits per heavy atom. The summed E-state index contributed by atoms with van der Waals surface area (Å²) >= 11 is 6.04. The molecule has 1 saturated heterocycles. The second-order valence-electron chi connectivity index (χ2n) is 7.46. The highest BCUT2D eigenvalue weighted by atomic mass is 35.5. The number of amides is 1. The molecule has 7 nitrogen and oxygen atoms in total. The molecule has 4 rings (SSSR count). The molecule has 2 heterocycles. The summed E-state index contributed by atoms with van der Waals surface area (Å²) in [6.45, 7) is 2.82. The standard InChI is InChI=1S/C24H22ClN3O4/c25-19-8-6-18(7-9-19)20(17-4-2-1-3-5-17)14-23(29)28-12-10-27(11-13-28)15-22-26-21(16-32-22)24(30)31/h1-9,14,16H,10-13,15H2,(H,30,31). The molecule has 1 aliphatic rings. The molecule has 1 amide bonds. The van der Waals surface area contributed by atoms with E-state index in [4.69, 9.17) is 21.1 Å². The second kappa shape index (κ2) is 9.80. The molecule has 1 aliphatic heterocycles. The Balaban J connectivity index is 1.44. The minimum atomic E-state index is -1.11. The molecule has 1 fully saturated rings. The molecule has 0 radical (unpaired) electrons. The molecule has 0 atom stereocenters. The van der Waals surface area contributed by atoms with Gasteiger partial charge in [-0.2, -0.15) is 0 Å². The largest absolute Gasteiger partial charge is 0.476 e. The Morgan fingerprint density at radius 3 is 2.28 bits per heavy atom. The molecule has 164 valence electrons. The van der Waals surface area contributed by atoms with Crippen LogP contribution in [0.4, 0.5) is 0 Å². The van der Waals surface area contributed by atoms with Crippen molar-refractivity contribution in [2.45, 2.75) is 6.54 Å². The van der Waals surface area contributed by atoms with Gasteiger partial charge in [-0.1, -0.05) is 54.1 Å². The van der Waals surface area contributed by atoms with Crippen LogP contribution in [0.5, 0.6) is 0 Å². The van der Waals surface area contributed by atoms with Gasteiger partial charge < -0.3 is 14.4 Å². The lowest BCUT2D eigenvalue weighted by Crippen LogP contribution is -2.47. The summed E-state index contributed by atoms with van der Waals surface area (Å²) < 4.78 is 5.23. The first kappa shape index (κ1) is 21.8. The number of carboxylic acids is 1. The first-order valence-electron chi connectivity index (χ1n) is 10.2. The first-order valence-corrected chi connectivity index (χ1v) is 10.6. The maximum atomic E-state index is 13.1. The third-order valence-corrected chi connectivity index (χ3v) is 5.57. The predicted octanol–water partition coefficient (Wildman–Crippen LogP) is 3.80. The quantitative estimate of drug-likeness (QED) is 0.573. The number of oxazole rings is 1. The van der Waals surface area contributed by atoms with Gasteiger partial charge in [0.15, 0.2) is 5.69 Å². The number of carbonyl (C=O) groups is 2. The molecular weight excluding hydrogens is 430 g/mol. The number of hydrogen-bond donors (Lipinski definition) is 1. The average molecular weight is 452 g/mol. The van der Waals surface area contributed by atoms with Crippen LogP contribution in [0.2, 0.25) is 5.02 Å². The normalized spacial score (nSPS) is 15.0. The molecule has 8 heteroatoms. The van der Waals surface area contributed by atoms with Crippen LogP contribution in [0, 0.1) is 0 Å². The zero-order valence-electron chi connectivity index (χ0n) is 17.3. The summed E-state index contributed by atoms with van der Waals surface area (Å²) in [6, 6.07) is 17.2. The van der Waals surface area contributed by atoms with Crippen LogP contribution >= 0.6 is 11.6 Å². The molecular formula is C24H22ClN3O4. The molecule has 32 heavy (non-hydrogen) atoms. The van der Waals surface area contributed by atoms with Gasteiger partial charge in [-0.3, -0.25) is 9.69 Å². The zero-order chi connectivity index (χ0) is 22.5. The van der Waals surface area contributed by atoms with E-state index in [9.17, 15) is 9.59 Å². The number of piperazine rings is 1. The molecule has 2 aromatic carbocycles. The third-order valence-electron chi connectivity index (χ3n) is 5.32. The van der Waals surface area contributed by atoms with Crippen LogP contribution in [-0.4, -0.2) is 57.9 Å². The van der Waals surface area contributed by atoms with Gasteiger partial charge in [0, 0.05) is 37.3 Å². The highest BCUT2D eigenvalue weighted by Gasteiger charge is 2.22. The summed E-state index contributed by atoms with van der Waals surface area (Å²) in [6.07, 6.45) is 2.82. The summed E-state index contributed by atoms with van der Waals surface area (Å²) in [5.74, 6) is -0.809. The fourth-order valence-electron chi connectivity index (χ4n) is 3.59. The van der Waals surface area contributed by atoms with Gasteiger partial charge in [0.25, 0.3) is 0 Å². The molecule has 0 aliphatic carbocycles. The van der Waals surface area contributed by atoms with E-state index in [1.807, 2.05) is 59.5 Å². The van der Waals surface area contributed by atoms with Crippen molar-refractivity contribution < 1.29 is 19.1 Å². The predicted molar refractivity (Wildman–Crippen MR) is 120 cm³/mol. The lowest BCUT2D eigenvalue weighted by atomic mass is 9.97. The van der Waals surface area contributed by atoms with Crippen LogP contribution < -0.4 is 0 Å². The zero-order valence-corrected chi connectivity index (χ0v) is 18.0. The fourth-order valence-corrected chi connectivity index (χ4v) is 3.72. The molecule has 0 saturated carbocycles. The molecule has 0 unspecified atom stereocenters. The summed E-state index contributed by atoms with van der Waals surface area (Å²) in [5, 5.41) is 9.60. The Morgan fingerprint density at radius 2 is 1.66 bits per heavy atom. The van der Waals surface area contributed by atoms with E-state index in [1.165, 1.54) is 0 Å². The second-order valence-corrected chi connectivity index (χ2v) is 7.90. The molecule has 3 aromatic rings. The Kier molecular flexibility index (Phi) is 6.68. The molecule has 0 bridgehead atoms. The van der Waals surface area contributed by atoms with Crippen molar-refractivity contribution in [3.63, 3.8) is 0 Å². The van der Waals surface area contributed by atoms with Gasteiger partial charge in [0.2, 0.25) is 11.8 Å². The number of aromatic carboxylic acids is 1. The van der Waals surface area contributed by atoms with E-state index >= 15 is 0 Å². The van der Waals surface area contributed by atoms with Gasteiger partial charge in [0.1, 0.15) is 6.26 Å². The van der Waals surface area contributed by atoms with Crippen LogP contribution in [-0.2, 0) is 11.3 Å². The highest BCUT2D eigenvalue weighted by molar-refractivity contribution is 6.30. The van der Waals surface area contributed by atoms with E-state index in [0.29, 0.717) is 43.6 Å². The van der Waals surface area contributed by atoms with Crippen molar-refractivity contribution in [1.82, 2.24) is 14.8 Å². The summed E-state index contributed by atoms with van der Waals surface area (Å²) in [5.41, 5.74) is 2.62. The van der Waals surface area contributed by atoms with Crippen molar-refractivity contribution >= 4 is 29.1 Å². The third kappa shape index (κ3) is 5.25. The van der Waals surface area contributed by atoms with Gasteiger partial charge in [-0.05, 0) is 28.8 Å². The Bertz CT molecular complexity index is 1120. The number of benzene rings is 2. The van der Waals surface area contributed by atoms with Crippen molar-refractivity contribution in [3.05, 3.63) is 94.7 Å². The van der Waals surface area contributed by atoms with Crippen LogP contribution in [0.3, 0.4) is 0 Å². The van der Waals surface area contributed by atoms with Crippen LogP contribution in [0.15, 0.2) is 71.4 Å². The Labute approximate surface area is 190 Å². The lowest BCUT2D eigenvalue weighted by molar-refractivity contribution is -0.127. The average Bonchev–Trinajstić information content (AvgIpc) is 3.28. The first-order chi connectivity index (χ1) is 15.5. The summed E-state index contributed by atoms with van der Waals surface area (Å²) in [4.78, 5) is 31.9. The minimum absolute atomic E-state index is 0.0530. The van der Waals surface area contributed by atoms with Gasteiger partial charge in [-0.15, -0.1) is 0 Å². The SMILES string of the molecule is O=C(O)c1coc(CN2CCN(C(=O)C=C(c3ccccc3)c3ccc(Cl)cc3)CC2)n1. The van der Waals surface area contributed by atoms with Crippen molar-refractivity contribution in [3.8, 4) is 0 Å². The maximum Gasteiger partial charge on any atom is 0.357 e. The van der Waals surface area contributed by atoms with E-state index in [0.717, 1.165) is 23.0 Å². The van der Waals surface area contributed by atoms with Crippen LogP contribution in [0.25, 0.3) is 5.57 Å². The highest BCUT2D eigenvalue weighted by Crippen LogP contribution is 2.25. The molecule has 1 N–H and O–H groups in total.